The zero-order valence-corrected chi connectivity index (χ0v) is 12.4. The highest BCUT2D eigenvalue weighted by Crippen LogP contribution is 2.29. The van der Waals surface area contributed by atoms with Crippen LogP contribution in [0, 0.1) is 12.8 Å². The van der Waals surface area contributed by atoms with Gasteiger partial charge in [0.15, 0.2) is 0 Å². The molecule has 0 aliphatic heterocycles. The van der Waals surface area contributed by atoms with Crippen LogP contribution in [0.3, 0.4) is 0 Å². The van der Waals surface area contributed by atoms with Gasteiger partial charge in [-0.15, -0.1) is 11.3 Å². The molecule has 1 aromatic heterocycles. The van der Waals surface area contributed by atoms with E-state index < -0.39 is 0 Å². The van der Waals surface area contributed by atoms with Gasteiger partial charge in [0.25, 0.3) is 0 Å². The van der Waals surface area contributed by atoms with Crippen LogP contribution in [-0.4, -0.2) is 12.1 Å². The highest BCUT2D eigenvalue weighted by atomic mass is 32.1. The summed E-state index contributed by atoms with van der Waals surface area (Å²) < 4.78 is 6.11. The lowest BCUT2D eigenvalue weighted by Crippen LogP contribution is -2.29. The van der Waals surface area contributed by atoms with Gasteiger partial charge in [-0.3, -0.25) is 0 Å². The number of aryl methyl sites for hydroxylation is 1. The van der Waals surface area contributed by atoms with E-state index >= 15 is 0 Å². The minimum absolute atomic E-state index is 0.0300. The van der Waals surface area contributed by atoms with Crippen LogP contribution in [0.2, 0.25) is 0 Å². The summed E-state index contributed by atoms with van der Waals surface area (Å²) in [5.41, 5.74) is 6.04. The number of rotatable bonds is 6. The van der Waals surface area contributed by atoms with Crippen molar-refractivity contribution in [3.05, 3.63) is 21.9 Å². The van der Waals surface area contributed by atoms with E-state index in [0.29, 0.717) is 5.92 Å². The Labute approximate surface area is 109 Å². The summed E-state index contributed by atoms with van der Waals surface area (Å²) in [5.74, 6) is 0.656. The van der Waals surface area contributed by atoms with E-state index in [0.717, 1.165) is 6.42 Å². The van der Waals surface area contributed by atoms with Crippen LogP contribution in [0.1, 0.15) is 50.0 Å². The SMILES string of the molecule is Cc1ccc(C(OC(C)CC(C)C)C(C)N)s1. The zero-order valence-electron chi connectivity index (χ0n) is 11.6. The molecule has 2 nitrogen and oxygen atoms in total. The summed E-state index contributed by atoms with van der Waals surface area (Å²) in [6.45, 7) is 10.7. The Kier molecular flexibility index (Phi) is 5.63. The molecule has 1 aromatic rings. The van der Waals surface area contributed by atoms with E-state index in [9.17, 15) is 0 Å². The molecule has 0 radical (unpaired) electrons. The van der Waals surface area contributed by atoms with Gasteiger partial charge in [-0.05, 0) is 45.2 Å². The van der Waals surface area contributed by atoms with Crippen molar-refractivity contribution in [3.8, 4) is 0 Å². The Morgan fingerprint density at radius 2 is 1.88 bits per heavy atom. The molecule has 0 spiro atoms. The standard InChI is InChI=1S/C14H25NOS/c1-9(2)8-10(3)16-14(12(5)15)13-7-6-11(4)17-13/h6-7,9-10,12,14H,8,15H2,1-5H3. The summed E-state index contributed by atoms with van der Waals surface area (Å²) >= 11 is 1.78. The minimum Gasteiger partial charge on any atom is -0.368 e. The predicted octanol–water partition coefficient (Wildman–Crippen LogP) is 3.90. The van der Waals surface area contributed by atoms with E-state index in [1.54, 1.807) is 11.3 Å². The molecule has 3 unspecified atom stereocenters. The molecule has 0 aliphatic carbocycles. The van der Waals surface area contributed by atoms with Gasteiger partial charge in [-0.2, -0.15) is 0 Å². The second-order valence-corrected chi connectivity index (χ2v) is 6.62. The second-order valence-electron chi connectivity index (χ2n) is 5.30. The van der Waals surface area contributed by atoms with E-state index in [1.165, 1.54) is 9.75 Å². The van der Waals surface area contributed by atoms with Crippen molar-refractivity contribution in [1.82, 2.24) is 0 Å². The molecule has 3 heteroatoms. The molecule has 0 amide bonds. The molecule has 0 saturated heterocycles. The molecule has 17 heavy (non-hydrogen) atoms. The first-order valence-corrected chi connectivity index (χ1v) is 7.19. The summed E-state index contributed by atoms with van der Waals surface area (Å²) in [6, 6.07) is 4.30. The fraction of sp³-hybridized carbons (Fsp3) is 0.714. The Morgan fingerprint density at radius 3 is 2.29 bits per heavy atom. The third kappa shape index (κ3) is 4.78. The van der Waals surface area contributed by atoms with Gasteiger partial charge in [-0.25, -0.2) is 0 Å². The highest BCUT2D eigenvalue weighted by molar-refractivity contribution is 7.12. The first kappa shape index (κ1) is 14.7. The van der Waals surface area contributed by atoms with Crippen molar-refractivity contribution in [2.45, 2.75) is 59.3 Å². The molecule has 98 valence electrons. The molecular formula is C14H25NOS. The summed E-state index contributed by atoms with van der Waals surface area (Å²) in [5, 5.41) is 0. The molecule has 1 rings (SSSR count). The van der Waals surface area contributed by atoms with E-state index in [4.69, 9.17) is 10.5 Å². The largest absolute Gasteiger partial charge is 0.368 e. The minimum atomic E-state index is 0.0300. The van der Waals surface area contributed by atoms with Gasteiger partial charge in [-0.1, -0.05) is 13.8 Å². The Morgan fingerprint density at radius 1 is 1.24 bits per heavy atom. The van der Waals surface area contributed by atoms with Gasteiger partial charge < -0.3 is 10.5 Å². The third-order valence-corrected chi connectivity index (χ3v) is 3.76. The van der Waals surface area contributed by atoms with Crippen LogP contribution >= 0.6 is 11.3 Å². The Balaban J connectivity index is 2.67. The normalized spacial score (nSPS) is 17.1. The molecule has 2 N–H and O–H groups in total. The number of nitrogens with two attached hydrogens (primary N) is 1. The van der Waals surface area contributed by atoms with Crippen molar-refractivity contribution >= 4 is 11.3 Å². The number of hydrogen-bond acceptors (Lipinski definition) is 3. The van der Waals surface area contributed by atoms with Crippen molar-refractivity contribution in [1.29, 1.82) is 0 Å². The maximum absolute atomic E-state index is 6.11. The maximum Gasteiger partial charge on any atom is 0.107 e. The smallest absolute Gasteiger partial charge is 0.107 e. The number of hydrogen-bond donors (Lipinski definition) is 1. The van der Waals surface area contributed by atoms with E-state index in [1.807, 2.05) is 6.92 Å². The molecule has 0 fully saturated rings. The van der Waals surface area contributed by atoms with E-state index in [-0.39, 0.29) is 18.2 Å². The molecule has 0 aromatic carbocycles. The molecule has 0 bridgehead atoms. The number of ether oxygens (including phenoxy) is 1. The van der Waals surface area contributed by atoms with Crippen molar-refractivity contribution < 1.29 is 4.74 Å². The van der Waals surface area contributed by atoms with Crippen LogP contribution in [0.25, 0.3) is 0 Å². The maximum atomic E-state index is 6.11. The molecule has 3 atom stereocenters. The monoisotopic (exact) mass is 255 g/mol. The average molecular weight is 255 g/mol. The topological polar surface area (TPSA) is 35.2 Å². The molecule has 0 saturated carbocycles. The van der Waals surface area contributed by atoms with Crippen LogP contribution in [0.4, 0.5) is 0 Å². The third-order valence-electron chi connectivity index (χ3n) is 2.70. The van der Waals surface area contributed by atoms with Gasteiger partial charge in [0.05, 0.1) is 6.10 Å². The van der Waals surface area contributed by atoms with Crippen molar-refractivity contribution in [2.24, 2.45) is 11.7 Å². The van der Waals surface area contributed by atoms with E-state index in [2.05, 4.69) is 39.8 Å². The van der Waals surface area contributed by atoms with Crippen LogP contribution in [0.5, 0.6) is 0 Å². The zero-order chi connectivity index (χ0) is 13.0. The fourth-order valence-corrected chi connectivity index (χ4v) is 3.06. The predicted molar refractivity (Wildman–Crippen MR) is 75.4 cm³/mol. The highest BCUT2D eigenvalue weighted by Gasteiger charge is 2.21. The molecule has 1 heterocycles. The molecule has 0 aliphatic rings. The number of thiophene rings is 1. The molecular weight excluding hydrogens is 230 g/mol. The lowest BCUT2D eigenvalue weighted by molar-refractivity contribution is -0.0218. The van der Waals surface area contributed by atoms with Gasteiger partial charge >= 0.3 is 0 Å². The van der Waals surface area contributed by atoms with Gasteiger partial charge in [0.2, 0.25) is 0 Å². The fourth-order valence-electron chi connectivity index (χ4n) is 2.03. The van der Waals surface area contributed by atoms with Crippen molar-refractivity contribution in [3.63, 3.8) is 0 Å². The lowest BCUT2D eigenvalue weighted by atomic mass is 10.1. The van der Waals surface area contributed by atoms with Crippen LogP contribution < -0.4 is 5.73 Å². The van der Waals surface area contributed by atoms with Gasteiger partial charge in [0, 0.05) is 15.8 Å². The average Bonchev–Trinajstić information content (AvgIpc) is 2.59. The first-order chi connectivity index (χ1) is 7.90. The van der Waals surface area contributed by atoms with Crippen molar-refractivity contribution in [2.75, 3.05) is 0 Å². The van der Waals surface area contributed by atoms with Gasteiger partial charge in [0.1, 0.15) is 6.10 Å². The lowest BCUT2D eigenvalue weighted by Gasteiger charge is -2.25. The van der Waals surface area contributed by atoms with Crippen LogP contribution in [-0.2, 0) is 4.74 Å². The Hall–Kier alpha value is -0.380. The Bertz CT molecular complexity index is 333. The summed E-state index contributed by atoms with van der Waals surface area (Å²) in [6.07, 6.45) is 1.36. The summed E-state index contributed by atoms with van der Waals surface area (Å²) in [4.78, 5) is 2.55. The second kappa shape index (κ2) is 6.53. The van der Waals surface area contributed by atoms with Crippen LogP contribution in [0.15, 0.2) is 12.1 Å². The summed E-state index contributed by atoms with van der Waals surface area (Å²) in [7, 11) is 0. The quantitative estimate of drug-likeness (QED) is 0.837. The first-order valence-electron chi connectivity index (χ1n) is 6.37.